The molecule has 0 atom stereocenters. The summed E-state index contributed by atoms with van der Waals surface area (Å²) >= 11 is 0. The third-order valence-corrected chi connectivity index (χ3v) is 0. The molecule has 0 unspecified atom stereocenters. The number of hydrogen-bond donors (Lipinski definition) is 0. The van der Waals surface area contributed by atoms with E-state index in [1.807, 2.05) is 0 Å². The fourth-order valence-corrected chi connectivity index (χ4v) is 0. The highest BCUT2D eigenvalue weighted by Gasteiger charge is 1.95. The van der Waals surface area contributed by atoms with Crippen molar-refractivity contribution < 1.29 is 5.48 Å². The summed E-state index contributed by atoms with van der Waals surface area (Å²) in [5, 5.41) is 0.639. The van der Waals surface area contributed by atoms with Gasteiger partial charge in [-0.15, -0.1) is 0 Å². The minimum absolute atomic E-state index is 0. The van der Waals surface area contributed by atoms with Crippen LogP contribution in [0.25, 0.3) is 0 Å². The molecule has 0 fully saturated rings. The summed E-state index contributed by atoms with van der Waals surface area (Å²) in [6.45, 7) is 6.75. The van der Waals surface area contributed by atoms with Crippen LogP contribution >= 0.6 is 0 Å². The lowest BCUT2D eigenvalue weighted by Gasteiger charge is -2.05. The summed E-state index contributed by atoms with van der Waals surface area (Å²) in [5.74, 6) is 0. The monoisotopic (exact) mass is 106 g/mol. The van der Waals surface area contributed by atoms with Gasteiger partial charge in [-0.2, -0.15) is 0 Å². The molecule has 0 aromatic carbocycles. The van der Waals surface area contributed by atoms with Crippen molar-refractivity contribution in [3.05, 3.63) is 0 Å². The summed E-state index contributed by atoms with van der Waals surface area (Å²) in [5.41, 5.74) is 0. The molecule has 6 heavy (non-hydrogen) atoms. The summed E-state index contributed by atoms with van der Waals surface area (Å²) in [4.78, 5) is 0. The molecule has 0 aliphatic carbocycles. The normalized spacial score (nSPS) is 10.5. The van der Waals surface area contributed by atoms with Gasteiger partial charge in [0, 0.05) is 10.2 Å². The lowest BCUT2D eigenvalue weighted by atomic mass is 10.3. The molecular formula is C4H14OSi. The van der Waals surface area contributed by atoms with E-state index < -0.39 is 0 Å². The van der Waals surface area contributed by atoms with Crippen molar-refractivity contribution in [2.24, 2.45) is 0 Å². The van der Waals surface area contributed by atoms with Crippen LogP contribution in [0.15, 0.2) is 0 Å². The van der Waals surface area contributed by atoms with Crippen molar-refractivity contribution in [1.29, 1.82) is 0 Å². The molecule has 1 nitrogen and oxygen atoms in total. The molecule has 0 aromatic rings. The number of hydrogen-bond acceptors (Lipinski definition) is 0. The predicted molar refractivity (Wildman–Crippen MR) is 33.3 cm³/mol. The van der Waals surface area contributed by atoms with E-state index >= 15 is 0 Å². The van der Waals surface area contributed by atoms with Gasteiger partial charge < -0.3 is 5.48 Å². The smallest absolute Gasteiger partial charge is 0.00959 e. The zero-order chi connectivity index (χ0) is 4.50. The van der Waals surface area contributed by atoms with E-state index in [9.17, 15) is 0 Å². The van der Waals surface area contributed by atoms with Gasteiger partial charge in [0.2, 0.25) is 0 Å². The van der Waals surface area contributed by atoms with Gasteiger partial charge in [-0.1, -0.05) is 25.8 Å². The standard InChI is InChI=1S/C4H12Si.H2O/c1-4(2,3)5;/h1-3,5H3;1H2. The van der Waals surface area contributed by atoms with Crippen molar-refractivity contribution in [3.63, 3.8) is 0 Å². The highest BCUT2D eigenvalue weighted by molar-refractivity contribution is 6.14. The predicted octanol–water partition coefficient (Wildman–Crippen LogP) is -0.255. The van der Waals surface area contributed by atoms with Gasteiger partial charge in [0.15, 0.2) is 0 Å². The van der Waals surface area contributed by atoms with Crippen molar-refractivity contribution >= 4 is 10.2 Å². The molecular weight excluding hydrogens is 92.1 g/mol. The molecule has 0 aliphatic heterocycles. The van der Waals surface area contributed by atoms with Crippen LogP contribution < -0.4 is 0 Å². The largest absolute Gasteiger partial charge is 0.412 e. The number of rotatable bonds is 0. The minimum Gasteiger partial charge on any atom is -0.412 e. The van der Waals surface area contributed by atoms with Gasteiger partial charge in [0.05, 0.1) is 0 Å². The average molecular weight is 106 g/mol. The maximum atomic E-state index is 2.25. The molecule has 2 N–H and O–H groups in total. The van der Waals surface area contributed by atoms with Crippen LogP contribution in [0.5, 0.6) is 0 Å². The Balaban J connectivity index is 0. The zero-order valence-corrected chi connectivity index (χ0v) is 7.00. The third kappa shape index (κ3) is 1350. The van der Waals surface area contributed by atoms with E-state index in [-0.39, 0.29) is 5.48 Å². The molecule has 0 spiro atoms. The summed E-state index contributed by atoms with van der Waals surface area (Å²) < 4.78 is 0. The van der Waals surface area contributed by atoms with E-state index in [1.54, 1.807) is 0 Å². The molecule has 0 saturated heterocycles. The Hall–Kier alpha value is 0.177. The Bertz CT molecular complexity index is 23.0. The molecule has 0 amide bonds. The average Bonchev–Trinajstić information content (AvgIpc) is 0.722. The summed E-state index contributed by atoms with van der Waals surface area (Å²) in [7, 11) is 1.31. The van der Waals surface area contributed by atoms with E-state index in [0.29, 0.717) is 5.04 Å². The van der Waals surface area contributed by atoms with Crippen LogP contribution in [0.2, 0.25) is 5.04 Å². The van der Waals surface area contributed by atoms with Crippen LogP contribution in [0.3, 0.4) is 0 Å². The minimum atomic E-state index is 0. The quantitative estimate of drug-likeness (QED) is 0.381. The van der Waals surface area contributed by atoms with E-state index in [1.165, 1.54) is 10.2 Å². The van der Waals surface area contributed by atoms with Gasteiger partial charge in [-0.25, -0.2) is 0 Å². The maximum absolute atomic E-state index is 2.25. The maximum Gasteiger partial charge on any atom is 0.00959 e. The first-order valence-corrected chi connectivity index (χ1v) is 3.00. The van der Waals surface area contributed by atoms with Crippen LogP contribution in [-0.2, 0) is 0 Å². The topological polar surface area (TPSA) is 31.5 Å². The second-order valence-electron chi connectivity index (χ2n) is 3.00. The fraction of sp³-hybridized carbons (Fsp3) is 1.00. The highest BCUT2D eigenvalue weighted by atomic mass is 28.1. The van der Waals surface area contributed by atoms with Crippen molar-refractivity contribution in [3.8, 4) is 0 Å². The van der Waals surface area contributed by atoms with Crippen LogP contribution in [0.4, 0.5) is 0 Å². The molecule has 0 aromatic heterocycles. The first-order chi connectivity index (χ1) is 2.00. The summed E-state index contributed by atoms with van der Waals surface area (Å²) in [6.07, 6.45) is 0. The molecule has 0 saturated carbocycles. The van der Waals surface area contributed by atoms with Crippen LogP contribution in [0.1, 0.15) is 20.8 Å². The third-order valence-electron chi connectivity index (χ3n) is 0. The lowest BCUT2D eigenvalue weighted by Crippen LogP contribution is -1.90. The molecule has 0 radical (unpaired) electrons. The fourth-order valence-electron chi connectivity index (χ4n) is 0. The lowest BCUT2D eigenvalue weighted by molar-refractivity contribution is 0.767. The Morgan fingerprint density at radius 1 is 1.17 bits per heavy atom. The van der Waals surface area contributed by atoms with E-state index in [2.05, 4.69) is 20.8 Å². The highest BCUT2D eigenvalue weighted by Crippen LogP contribution is 2.13. The SMILES string of the molecule is CC(C)(C)[SiH3].O. The van der Waals surface area contributed by atoms with Crippen LogP contribution in [-0.4, -0.2) is 15.7 Å². The molecule has 0 aliphatic rings. The Kier molecular flexibility index (Phi) is 3.74. The van der Waals surface area contributed by atoms with Crippen molar-refractivity contribution in [2.75, 3.05) is 0 Å². The molecule has 0 heterocycles. The van der Waals surface area contributed by atoms with Gasteiger partial charge >= 0.3 is 0 Å². The van der Waals surface area contributed by atoms with Gasteiger partial charge in [0.25, 0.3) is 0 Å². The van der Waals surface area contributed by atoms with Gasteiger partial charge in [0.1, 0.15) is 0 Å². The Morgan fingerprint density at radius 3 is 1.17 bits per heavy atom. The second kappa shape index (κ2) is 2.37. The molecule has 0 rings (SSSR count). The van der Waals surface area contributed by atoms with Crippen molar-refractivity contribution in [1.82, 2.24) is 0 Å². The van der Waals surface area contributed by atoms with E-state index in [4.69, 9.17) is 0 Å². The zero-order valence-electron chi connectivity index (χ0n) is 5.00. The van der Waals surface area contributed by atoms with Crippen LogP contribution in [0, 0.1) is 0 Å². The Labute approximate surface area is 42.5 Å². The van der Waals surface area contributed by atoms with Gasteiger partial charge in [-0.05, 0) is 0 Å². The summed E-state index contributed by atoms with van der Waals surface area (Å²) in [6, 6.07) is 0. The Morgan fingerprint density at radius 2 is 1.17 bits per heavy atom. The molecule has 2 heteroatoms. The van der Waals surface area contributed by atoms with Gasteiger partial charge in [-0.3, -0.25) is 0 Å². The first kappa shape index (κ1) is 9.49. The van der Waals surface area contributed by atoms with E-state index in [0.717, 1.165) is 0 Å². The van der Waals surface area contributed by atoms with Crippen molar-refractivity contribution in [2.45, 2.75) is 25.8 Å². The molecule has 40 valence electrons. The first-order valence-electron chi connectivity index (χ1n) is 2.00. The molecule has 0 bridgehead atoms. The second-order valence-corrected chi connectivity index (χ2v) is 6.00.